The Labute approximate surface area is 132 Å². The lowest BCUT2D eigenvalue weighted by atomic mass is 9.88. The molecule has 0 aliphatic carbocycles. The molecule has 5 nitrogen and oxygen atoms in total. The number of rotatable bonds is 6. The van der Waals surface area contributed by atoms with Crippen molar-refractivity contribution in [3.05, 3.63) is 29.8 Å². The van der Waals surface area contributed by atoms with Gasteiger partial charge in [0.1, 0.15) is 0 Å². The summed E-state index contributed by atoms with van der Waals surface area (Å²) in [5.74, 6) is 0.389. The Morgan fingerprint density at radius 3 is 2.55 bits per heavy atom. The van der Waals surface area contributed by atoms with Gasteiger partial charge in [0.05, 0.1) is 0 Å². The predicted octanol–water partition coefficient (Wildman–Crippen LogP) is 1.96. The summed E-state index contributed by atoms with van der Waals surface area (Å²) in [7, 11) is 0. The number of anilines is 1. The van der Waals surface area contributed by atoms with Gasteiger partial charge in [0.25, 0.3) is 5.91 Å². The molecule has 5 heteroatoms. The fraction of sp³-hybridized carbons (Fsp3) is 0.529. The Bertz CT molecular complexity index is 536. The van der Waals surface area contributed by atoms with Crippen molar-refractivity contribution in [2.75, 3.05) is 31.5 Å². The first-order valence-corrected chi connectivity index (χ1v) is 7.97. The van der Waals surface area contributed by atoms with Gasteiger partial charge in [0, 0.05) is 30.3 Å². The largest absolute Gasteiger partial charge is 0.339 e. The summed E-state index contributed by atoms with van der Waals surface area (Å²) < 4.78 is 0. The molecular formula is C17H25N3O2. The number of hydrogen-bond donors (Lipinski definition) is 2. The highest BCUT2D eigenvalue weighted by atomic mass is 16.2. The zero-order valence-corrected chi connectivity index (χ0v) is 13.6. The monoisotopic (exact) mass is 303 g/mol. The zero-order valence-electron chi connectivity index (χ0n) is 13.6. The molecule has 0 spiro atoms. The number of carbonyl (C=O) groups excluding carboxylic acids is 2. The fourth-order valence-corrected chi connectivity index (χ4v) is 2.56. The number of benzene rings is 1. The van der Waals surface area contributed by atoms with Crippen molar-refractivity contribution in [3.63, 3.8) is 0 Å². The van der Waals surface area contributed by atoms with Crippen LogP contribution in [-0.4, -0.2) is 42.9 Å². The van der Waals surface area contributed by atoms with Gasteiger partial charge in [0.2, 0.25) is 5.91 Å². The fourth-order valence-electron chi connectivity index (χ4n) is 2.56. The van der Waals surface area contributed by atoms with Gasteiger partial charge >= 0.3 is 0 Å². The lowest BCUT2D eigenvalue weighted by molar-refractivity contribution is -0.121. The third-order valence-corrected chi connectivity index (χ3v) is 4.36. The van der Waals surface area contributed by atoms with E-state index in [0.29, 0.717) is 30.3 Å². The molecule has 1 aromatic carbocycles. The quantitative estimate of drug-likeness (QED) is 0.844. The summed E-state index contributed by atoms with van der Waals surface area (Å²) in [6.45, 7) is 9.02. The molecular weight excluding hydrogens is 278 g/mol. The molecule has 1 atom stereocenters. The molecule has 1 heterocycles. The Balaban J connectivity index is 2.04. The molecule has 1 fully saturated rings. The molecule has 2 rings (SSSR count). The van der Waals surface area contributed by atoms with E-state index in [1.54, 1.807) is 17.0 Å². The summed E-state index contributed by atoms with van der Waals surface area (Å²) in [5.41, 5.74) is 1.29. The standard InChI is InChI=1S/C17H25N3O2/c1-4-20(5-2)17(22)13-7-6-8-15(9-13)19-16(21)12(3)14-10-18-11-14/h6-9,12,14,18H,4-5,10-11H2,1-3H3,(H,19,21). The summed E-state index contributed by atoms with van der Waals surface area (Å²) in [4.78, 5) is 26.4. The molecule has 1 saturated heterocycles. The van der Waals surface area contributed by atoms with Crippen LogP contribution in [-0.2, 0) is 4.79 Å². The molecule has 2 N–H and O–H groups in total. The van der Waals surface area contributed by atoms with E-state index in [1.165, 1.54) is 0 Å². The number of hydrogen-bond acceptors (Lipinski definition) is 3. The molecule has 2 amide bonds. The van der Waals surface area contributed by atoms with Crippen molar-refractivity contribution in [1.29, 1.82) is 0 Å². The molecule has 1 aliphatic rings. The minimum Gasteiger partial charge on any atom is -0.339 e. The second kappa shape index (κ2) is 7.40. The van der Waals surface area contributed by atoms with Crippen molar-refractivity contribution in [1.82, 2.24) is 10.2 Å². The lowest BCUT2D eigenvalue weighted by Gasteiger charge is -2.31. The van der Waals surface area contributed by atoms with E-state index in [1.807, 2.05) is 32.9 Å². The minimum atomic E-state index is -0.0246. The minimum absolute atomic E-state index is 0.00246. The van der Waals surface area contributed by atoms with Gasteiger partial charge in [-0.1, -0.05) is 13.0 Å². The molecule has 1 aromatic rings. The first-order chi connectivity index (χ1) is 10.6. The van der Waals surface area contributed by atoms with Crippen molar-refractivity contribution in [2.24, 2.45) is 11.8 Å². The third kappa shape index (κ3) is 3.65. The van der Waals surface area contributed by atoms with Crippen LogP contribution in [0, 0.1) is 11.8 Å². The second-order valence-corrected chi connectivity index (χ2v) is 5.75. The van der Waals surface area contributed by atoms with Crippen molar-refractivity contribution in [3.8, 4) is 0 Å². The summed E-state index contributed by atoms with van der Waals surface area (Å²) in [6.07, 6.45) is 0. The van der Waals surface area contributed by atoms with Crippen LogP contribution in [0.4, 0.5) is 5.69 Å². The third-order valence-electron chi connectivity index (χ3n) is 4.36. The van der Waals surface area contributed by atoms with E-state index in [2.05, 4.69) is 10.6 Å². The Morgan fingerprint density at radius 2 is 2.00 bits per heavy atom. The van der Waals surface area contributed by atoms with Crippen LogP contribution in [0.3, 0.4) is 0 Å². The number of nitrogens with zero attached hydrogens (tertiary/aromatic N) is 1. The van der Waals surface area contributed by atoms with Crippen LogP contribution < -0.4 is 10.6 Å². The molecule has 22 heavy (non-hydrogen) atoms. The van der Waals surface area contributed by atoms with Crippen LogP contribution in [0.25, 0.3) is 0 Å². The van der Waals surface area contributed by atoms with Crippen LogP contribution in [0.5, 0.6) is 0 Å². The Morgan fingerprint density at radius 1 is 1.32 bits per heavy atom. The van der Waals surface area contributed by atoms with Gasteiger partial charge in [0.15, 0.2) is 0 Å². The van der Waals surface area contributed by atoms with Crippen molar-refractivity contribution < 1.29 is 9.59 Å². The smallest absolute Gasteiger partial charge is 0.253 e. The van der Waals surface area contributed by atoms with E-state index in [9.17, 15) is 9.59 Å². The van der Waals surface area contributed by atoms with E-state index in [-0.39, 0.29) is 17.7 Å². The Kier molecular flexibility index (Phi) is 5.55. The van der Waals surface area contributed by atoms with Crippen LogP contribution in [0.1, 0.15) is 31.1 Å². The Hall–Kier alpha value is -1.88. The van der Waals surface area contributed by atoms with Crippen LogP contribution >= 0.6 is 0 Å². The van der Waals surface area contributed by atoms with Gasteiger partial charge in [-0.05, 0) is 51.1 Å². The molecule has 1 unspecified atom stereocenters. The maximum atomic E-state index is 12.3. The molecule has 1 aliphatic heterocycles. The van der Waals surface area contributed by atoms with Crippen molar-refractivity contribution >= 4 is 17.5 Å². The van der Waals surface area contributed by atoms with Gasteiger partial charge in [-0.3, -0.25) is 9.59 Å². The number of carbonyl (C=O) groups is 2. The predicted molar refractivity (Wildman–Crippen MR) is 87.8 cm³/mol. The van der Waals surface area contributed by atoms with E-state index in [4.69, 9.17) is 0 Å². The topological polar surface area (TPSA) is 61.4 Å². The zero-order chi connectivity index (χ0) is 16.1. The molecule has 0 radical (unpaired) electrons. The van der Waals surface area contributed by atoms with Crippen LogP contribution in [0.2, 0.25) is 0 Å². The summed E-state index contributed by atoms with van der Waals surface area (Å²) >= 11 is 0. The number of nitrogens with one attached hydrogen (secondary N) is 2. The van der Waals surface area contributed by atoms with E-state index < -0.39 is 0 Å². The van der Waals surface area contributed by atoms with Crippen LogP contribution in [0.15, 0.2) is 24.3 Å². The number of amides is 2. The SMILES string of the molecule is CCN(CC)C(=O)c1cccc(NC(=O)C(C)C2CNC2)c1. The lowest BCUT2D eigenvalue weighted by Crippen LogP contribution is -2.48. The average Bonchev–Trinajstić information content (AvgIpc) is 2.46. The van der Waals surface area contributed by atoms with Gasteiger partial charge in [-0.15, -0.1) is 0 Å². The highest BCUT2D eigenvalue weighted by Gasteiger charge is 2.28. The second-order valence-electron chi connectivity index (χ2n) is 5.75. The maximum Gasteiger partial charge on any atom is 0.253 e. The highest BCUT2D eigenvalue weighted by molar-refractivity contribution is 5.97. The van der Waals surface area contributed by atoms with Gasteiger partial charge in [-0.2, -0.15) is 0 Å². The summed E-state index contributed by atoms with van der Waals surface area (Å²) in [6, 6.07) is 7.17. The first kappa shape index (κ1) is 16.5. The molecule has 0 saturated carbocycles. The van der Waals surface area contributed by atoms with Crippen molar-refractivity contribution in [2.45, 2.75) is 20.8 Å². The summed E-state index contributed by atoms with van der Waals surface area (Å²) in [5, 5.41) is 6.10. The average molecular weight is 303 g/mol. The maximum absolute atomic E-state index is 12.3. The molecule has 120 valence electrons. The van der Waals surface area contributed by atoms with E-state index >= 15 is 0 Å². The van der Waals surface area contributed by atoms with Gasteiger partial charge < -0.3 is 15.5 Å². The highest BCUT2D eigenvalue weighted by Crippen LogP contribution is 2.19. The van der Waals surface area contributed by atoms with E-state index in [0.717, 1.165) is 13.1 Å². The molecule has 0 bridgehead atoms. The molecule has 0 aromatic heterocycles. The normalized spacial score (nSPS) is 15.8. The first-order valence-electron chi connectivity index (χ1n) is 7.97. The van der Waals surface area contributed by atoms with Gasteiger partial charge in [-0.25, -0.2) is 0 Å².